The Morgan fingerprint density at radius 2 is 1.79 bits per heavy atom. The lowest BCUT2D eigenvalue weighted by molar-refractivity contribution is 0.601. The first-order chi connectivity index (χ1) is 9.01. The van der Waals surface area contributed by atoms with Crippen LogP contribution in [0.5, 0.6) is 0 Å². The van der Waals surface area contributed by atoms with Gasteiger partial charge >= 0.3 is 0 Å². The van der Waals surface area contributed by atoms with Gasteiger partial charge in [0.25, 0.3) is 10.0 Å². The van der Waals surface area contributed by atoms with E-state index in [0.717, 1.165) is 0 Å². The molecule has 0 aliphatic heterocycles. The van der Waals surface area contributed by atoms with E-state index >= 15 is 0 Å². The topological polar surface area (TPSA) is 72.2 Å². The molecule has 0 aliphatic carbocycles. The Balaban J connectivity index is 2.31. The largest absolute Gasteiger partial charge is 0.399 e. The van der Waals surface area contributed by atoms with Gasteiger partial charge in [-0.2, -0.15) is 0 Å². The number of nitrogens with one attached hydrogen (secondary N) is 1. The van der Waals surface area contributed by atoms with Crippen molar-refractivity contribution in [1.82, 2.24) is 0 Å². The molecule has 0 spiro atoms. The number of nitrogens with two attached hydrogens (primary N) is 1. The molecule has 4 nitrogen and oxygen atoms in total. The first-order valence-electron chi connectivity index (χ1n) is 5.46. The van der Waals surface area contributed by atoms with Gasteiger partial charge in [0.1, 0.15) is 0 Å². The van der Waals surface area contributed by atoms with Gasteiger partial charge in [-0.1, -0.05) is 12.0 Å². The summed E-state index contributed by atoms with van der Waals surface area (Å²) in [5, 5.41) is 0. The molecule has 0 saturated heterocycles. The molecular formula is C14H12N2O2S. The fraction of sp³-hybridized carbons (Fsp3) is 0. The van der Waals surface area contributed by atoms with Crippen LogP contribution in [0.4, 0.5) is 11.4 Å². The number of benzene rings is 2. The van der Waals surface area contributed by atoms with Crippen LogP contribution in [0.1, 0.15) is 5.56 Å². The Labute approximate surface area is 112 Å². The predicted molar refractivity (Wildman–Crippen MR) is 76.0 cm³/mol. The minimum atomic E-state index is -3.63. The van der Waals surface area contributed by atoms with E-state index < -0.39 is 10.0 Å². The van der Waals surface area contributed by atoms with Gasteiger partial charge in [0.05, 0.1) is 10.6 Å². The molecule has 0 saturated carbocycles. The maximum atomic E-state index is 12.1. The number of sulfonamides is 1. The van der Waals surface area contributed by atoms with Crippen molar-refractivity contribution in [3.8, 4) is 12.3 Å². The quantitative estimate of drug-likeness (QED) is 0.663. The van der Waals surface area contributed by atoms with Gasteiger partial charge in [0.2, 0.25) is 0 Å². The Morgan fingerprint density at radius 1 is 1.11 bits per heavy atom. The van der Waals surface area contributed by atoms with E-state index in [1.807, 2.05) is 0 Å². The number of anilines is 2. The molecule has 0 bridgehead atoms. The maximum absolute atomic E-state index is 12.1. The molecule has 2 rings (SSSR count). The number of nitrogen functional groups attached to an aromatic ring is 1. The van der Waals surface area contributed by atoms with Crippen LogP contribution in [0.15, 0.2) is 53.4 Å². The van der Waals surface area contributed by atoms with Gasteiger partial charge < -0.3 is 5.73 Å². The third kappa shape index (κ3) is 3.06. The summed E-state index contributed by atoms with van der Waals surface area (Å²) in [5.41, 5.74) is 7.06. The van der Waals surface area contributed by atoms with Crippen molar-refractivity contribution in [2.45, 2.75) is 4.90 Å². The summed E-state index contributed by atoms with van der Waals surface area (Å²) in [7, 11) is -3.63. The van der Waals surface area contributed by atoms with E-state index in [2.05, 4.69) is 10.6 Å². The molecule has 2 aromatic carbocycles. The summed E-state index contributed by atoms with van der Waals surface area (Å²) in [5.74, 6) is 2.45. The second kappa shape index (κ2) is 5.04. The molecule has 0 aromatic heterocycles. The smallest absolute Gasteiger partial charge is 0.261 e. The monoisotopic (exact) mass is 272 g/mol. The first-order valence-corrected chi connectivity index (χ1v) is 6.94. The van der Waals surface area contributed by atoms with Crippen LogP contribution in [-0.2, 0) is 10.0 Å². The summed E-state index contributed by atoms with van der Waals surface area (Å²) in [6.07, 6.45) is 5.27. The first kappa shape index (κ1) is 13.0. The predicted octanol–water partition coefficient (Wildman–Crippen LogP) is 2.05. The van der Waals surface area contributed by atoms with E-state index in [1.54, 1.807) is 24.3 Å². The van der Waals surface area contributed by atoms with Crippen molar-refractivity contribution in [2.24, 2.45) is 0 Å². The van der Waals surface area contributed by atoms with E-state index in [-0.39, 0.29) is 4.90 Å². The van der Waals surface area contributed by atoms with Gasteiger partial charge in [-0.25, -0.2) is 8.42 Å². The molecule has 0 aliphatic rings. The summed E-state index contributed by atoms with van der Waals surface area (Å²) in [6, 6.07) is 12.6. The van der Waals surface area contributed by atoms with Gasteiger partial charge in [-0.05, 0) is 42.5 Å². The fourth-order valence-electron chi connectivity index (χ4n) is 1.53. The average Bonchev–Trinajstić information content (AvgIpc) is 2.39. The lowest BCUT2D eigenvalue weighted by Gasteiger charge is -2.08. The lowest BCUT2D eigenvalue weighted by atomic mass is 10.2. The van der Waals surface area contributed by atoms with Gasteiger partial charge in [-0.3, -0.25) is 4.72 Å². The summed E-state index contributed by atoms with van der Waals surface area (Å²) >= 11 is 0. The Morgan fingerprint density at radius 3 is 2.42 bits per heavy atom. The van der Waals surface area contributed by atoms with Crippen molar-refractivity contribution >= 4 is 21.4 Å². The number of terminal acetylenes is 1. The molecule has 2 aromatic rings. The van der Waals surface area contributed by atoms with Crippen LogP contribution in [-0.4, -0.2) is 8.42 Å². The van der Waals surface area contributed by atoms with Crippen molar-refractivity contribution in [3.05, 3.63) is 54.1 Å². The number of hydrogen-bond donors (Lipinski definition) is 2. The molecule has 0 radical (unpaired) electrons. The highest BCUT2D eigenvalue weighted by molar-refractivity contribution is 7.92. The molecule has 19 heavy (non-hydrogen) atoms. The molecule has 0 amide bonds. The van der Waals surface area contributed by atoms with Crippen LogP contribution in [0.2, 0.25) is 0 Å². The molecule has 0 unspecified atom stereocenters. The van der Waals surface area contributed by atoms with Crippen molar-refractivity contribution < 1.29 is 8.42 Å². The van der Waals surface area contributed by atoms with E-state index in [0.29, 0.717) is 16.9 Å². The SMILES string of the molecule is C#Cc1cccc(NS(=O)(=O)c2ccc(N)cc2)c1. The molecule has 5 heteroatoms. The summed E-state index contributed by atoms with van der Waals surface area (Å²) in [4.78, 5) is 0.146. The zero-order valence-electron chi connectivity index (χ0n) is 10.00. The number of rotatable bonds is 3. The fourth-order valence-corrected chi connectivity index (χ4v) is 2.58. The normalized spacial score (nSPS) is 10.7. The summed E-state index contributed by atoms with van der Waals surface area (Å²) < 4.78 is 26.7. The second-order valence-electron chi connectivity index (χ2n) is 3.90. The Hall–Kier alpha value is -2.45. The lowest BCUT2D eigenvalue weighted by Crippen LogP contribution is -2.12. The molecule has 0 atom stereocenters. The highest BCUT2D eigenvalue weighted by Crippen LogP contribution is 2.17. The third-order valence-electron chi connectivity index (χ3n) is 2.47. The van der Waals surface area contributed by atoms with Gasteiger partial charge in [0.15, 0.2) is 0 Å². The minimum Gasteiger partial charge on any atom is -0.399 e. The Kier molecular flexibility index (Phi) is 3.45. The molecular weight excluding hydrogens is 260 g/mol. The molecule has 0 fully saturated rings. The zero-order valence-corrected chi connectivity index (χ0v) is 10.8. The van der Waals surface area contributed by atoms with Gasteiger partial charge in [0, 0.05) is 11.3 Å². The average molecular weight is 272 g/mol. The second-order valence-corrected chi connectivity index (χ2v) is 5.58. The van der Waals surface area contributed by atoms with Gasteiger partial charge in [-0.15, -0.1) is 6.42 Å². The highest BCUT2D eigenvalue weighted by atomic mass is 32.2. The number of hydrogen-bond acceptors (Lipinski definition) is 3. The standard InChI is InChI=1S/C14H12N2O2S/c1-2-11-4-3-5-13(10-11)16-19(17,18)14-8-6-12(15)7-9-14/h1,3-10,16H,15H2. The Bertz CT molecular complexity index is 729. The van der Waals surface area contributed by atoms with Crippen LogP contribution in [0.3, 0.4) is 0 Å². The molecule has 0 heterocycles. The van der Waals surface area contributed by atoms with Crippen molar-refractivity contribution in [3.63, 3.8) is 0 Å². The van der Waals surface area contributed by atoms with Crippen LogP contribution < -0.4 is 10.5 Å². The highest BCUT2D eigenvalue weighted by Gasteiger charge is 2.13. The third-order valence-corrected chi connectivity index (χ3v) is 3.87. The van der Waals surface area contributed by atoms with Crippen LogP contribution >= 0.6 is 0 Å². The van der Waals surface area contributed by atoms with E-state index in [1.165, 1.54) is 24.3 Å². The van der Waals surface area contributed by atoms with E-state index in [9.17, 15) is 8.42 Å². The van der Waals surface area contributed by atoms with Crippen molar-refractivity contribution in [1.29, 1.82) is 0 Å². The maximum Gasteiger partial charge on any atom is 0.261 e. The van der Waals surface area contributed by atoms with Crippen LogP contribution in [0, 0.1) is 12.3 Å². The van der Waals surface area contributed by atoms with Crippen molar-refractivity contribution in [2.75, 3.05) is 10.5 Å². The zero-order chi connectivity index (χ0) is 13.9. The van der Waals surface area contributed by atoms with Crippen LogP contribution in [0.25, 0.3) is 0 Å². The minimum absolute atomic E-state index is 0.146. The van der Waals surface area contributed by atoms with E-state index in [4.69, 9.17) is 12.2 Å². The summed E-state index contributed by atoms with van der Waals surface area (Å²) in [6.45, 7) is 0. The molecule has 96 valence electrons. The molecule has 3 N–H and O–H groups in total.